The van der Waals surface area contributed by atoms with Gasteiger partial charge in [-0.05, 0) is 38.1 Å². The Labute approximate surface area is 105 Å². The molecule has 0 fully saturated rings. The van der Waals surface area contributed by atoms with Crippen molar-refractivity contribution in [2.45, 2.75) is 13.8 Å². The van der Waals surface area contributed by atoms with Gasteiger partial charge in [-0.2, -0.15) is 0 Å². The summed E-state index contributed by atoms with van der Waals surface area (Å²) in [5.74, 6) is 0.270. The molecule has 18 heavy (non-hydrogen) atoms. The van der Waals surface area contributed by atoms with Crippen LogP contribution in [0.4, 0.5) is 5.69 Å². The maximum absolute atomic E-state index is 11.0. The zero-order valence-electron chi connectivity index (χ0n) is 10.5. The Morgan fingerprint density at radius 1 is 1.17 bits per heavy atom. The lowest BCUT2D eigenvalue weighted by atomic mass is 10.2. The summed E-state index contributed by atoms with van der Waals surface area (Å²) in [6.07, 6.45) is 0. The molecule has 0 unspecified atom stereocenters. The van der Waals surface area contributed by atoms with Crippen LogP contribution in [0.5, 0.6) is 5.75 Å². The number of rotatable bonds is 3. The van der Waals surface area contributed by atoms with E-state index in [0.29, 0.717) is 0 Å². The first kappa shape index (κ1) is 12.2. The number of nitro groups is 1. The number of hydrogen-bond donors (Lipinski definition) is 0. The van der Waals surface area contributed by atoms with E-state index in [1.54, 1.807) is 6.07 Å². The van der Waals surface area contributed by atoms with Gasteiger partial charge in [0.05, 0.1) is 17.7 Å². The Kier molecular flexibility index (Phi) is 3.06. The quantitative estimate of drug-likeness (QED) is 0.618. The third-order valence-corrected chi connectivity index (χ3v) is 2.89. The summed E-state index contributed by atoms with van der Waals surface area (Å²) in [5.41, 5.74) is 2.81. The van der Waals surface area contributed by atoms with E-state index in [2.05, 4.69) is 0 Å². The number of nitro benzene ring substituents is 1. The van der Waals surface area contributed by atoms with Gasteiger partial charge < -0.3 is 9.30 Å². The number of methoxy groups -OCH3 is 1. The van der Waals surface area contributed by atoms with E-state index in [1.807, 2.05) is 36.6 Å². The van der Waals surface area contributed by atoms with Gasteiger partial charge in [0.1, 0.15) is 0 Å². The molecular formula is C13H14N2O3. The number of hydrogen-bond acceptors (Lipinski definition) is 3. The van der Waals surface area contributed by atoms with Crippen LogP contribution in [-0.2, 0) is 0 Å². The molecule has 0 bridgehead atoms. The lowest BCUT2D eigenvalue weighted by molar-refractivity contribution is -0.385. The number of nitrogens with zero attached hydrogens (tertiary/aromatic N) is 2. The normalized spacial score (nSPS) is 10.4. The van der Waals surface area contributed by atoms with Crippen molar-refractivity contribution in [2.24, 2.45) is 0 Å². The van der Waals surface area contributed by atoms with Crippen molar-refractivity contribution in [2.75, 3.05) is 7.11 Å². The molecule has 1 aromatic carbocycles. The molecule has 2 aromatic rings. The topological polar surface area (TPSA) is 57.3 Å². The molecule has 0 radical (unpaired) electrons. The van der Waals surface area contributed by atoms with Crippen LogP contribution in [0.2, 0.25) is 0 Å². The molecule has 0 saturated carbocycles. The molecule has 1 aromatic heterocycles. The van der Waals surface area contributed by atoms with Gasteiger partial charge in [0, 0.05) is 17.5 Å². The molecule has 2 rings (SSSR count). The van der Waals surface area contributed by atoms with E-state index in [-0.39, 0.29) is 11.4 Å². The molecule has 5 heteroatoms. The van der Waals surface area contributed by atoms with E-state index in [1.165, 1.54) is 13.2 Å². The van der Waals surface area contributed by atoms with Gasteiger partial charge in [-0.3, -0.25) is 10.1 Å². The third kappa shape index (κ3) is 1.95. The molecular weight excluding hydrogens is 232 g/mol. The van der Waals surface area contributed by atoms with Crippen LogP contribution in [0, 0.1) is 24.0 Å². The van der Waals surface area contributed by atoms with Gasteiger partial charge in [-0.15, -0.1) is 0 Å². The smallest absolute Gasteiger partial charge is 0.312 e. The Morgan fingerprint density at radius 3 is 2.28 bits per heavy atom. The molecule has 0 spiro atoms. The van der Waals surface area contributed by atoms with Crippen LogP contribution >= 0.6 is 0 Å². The SMILES string of the molecule is COc1ccc(-n2c(C)ccc2C)cc1[N+](=O)[O-]. The largest absolute Gasteiger partial charge is 0.490 e. The highest BCUT2D eigenvalue weighted by Crippen LogP contribution is 2.30. The highest BCUT2D eigenvalue weighted by atomic mass is 16.6. The molecule has 5 nitrogen and oxygen atoms in total. The molecule has 0 atom stereocenters. The summed E-state index contributed by atoms with van der Waals surface area (Å²) in [4.78, 5) is 10.6. The molecule has 0 saturated heterocycles. The minimum atomic E-state index is -0.434. The minimum absolute atomic E-state index is 0.0255. The van der Waals surface area contributed by atoms with Crippen molar-refractivity contribution < 1.29 is 9.66 Å². The first-order chi connectivity index (χ1) is 8.54. The van der Waals surface area contributed by atoms with E-state index < -0.39 is 4.92 Å². The van der Waals surface area contributed by atoms with Gasteiger partial charge in [-0.25, -0.2) is 0 Å². The predicted molar refractivity (Wildman–Crippen MR) is 68.4 cm³/mol. The van der Waals surface area contributed by atoms with Crippen molar-refractivity contribution in [3.63, 3.8) is 0 Å². The standard InChI is InChI=1S/C13H14N2O3/c1-9-4-5-10(2)14(9)11-6-7-13(18-3)12(8-11)15(16)17/h4-8H,1-3H3. The molecule has 0 amide bonds. The summed E-state index contributed by atoms with van der Waals surface area (Å²) in [6.45, 7) is 3.92. The third-order valence-electron chi connectivity index (χ3n) is 2.89. The average Bonchev–Trinajstić information content (AvgIpc) is 2.68. The molecule has 0 aliphatic heterocycles. The fraction of sp³-hybridized carbons (Fsp3) is 0.231. The van der Waals surface area contributed by atoms with Gasteiger partial charge in [0.2, 0.25) is 0 Å². The Balaban J connectivity index is 2.61. The van der Waals surface area contributed by atoms with Crippen LogP contribution in [0.15, 0.2) is 30.3 Å². The number of benzene rings is 1. The molecule has 0 N–H and O–H groups in total. The van der Waals surface area contributed by atoms with Crippen molar-refractivity contribution in [1.82, 2.24) is 4.57 Å². The highest BCUT2D eigenvalue weighted by Gasteiger charge is 2.16. The summed E-state index contributed by atoms with van der Waals surface area (Å²) >= 11 is 0. The van der Waals surface area contributed by atoms with Gasteiger partial charge in [0.25, 0.3) is 0 Å². The summed E-state index contributed by atoms with van der Waals surface area (Å²) in [5, 5.41) is 11.0. The number of ether oxygens (including phenoxy) is 1. The molecule has 0 aliphatic rings. The van der Waals surface area contributed by atoms with Crippen LogP contribution < -0.4 is 4.74 Å². The molecule has 1 heterocycles. The number of aryl methyl sites for hydroxylation is 2. The Hall–Kier alpha value is -2.30. The van der Waals surface area contributed by atoms with E-state index >= 15 is 0 Å². The van der Waals surface area contributed by atoms with E-state index in [0.717, 1.165) is 17.1 Å². The highest BCUT2D eigenvalue weighted by molar-refractivity contribution is 5.54. The lowest BCUT2D eigenvalue weighted by Crippen LogP contribution is -2.01. The second-order valence-electron chi connectivity index (χ2n) is 4.06. The zero-order chi connectivity index (χ0) is 13.3. The first-order valence-electron chi connectivity index (χ1n) is 5.52. The average molecular weight is 246 g/mol. The van der Waals surface area contributed by atoms with Crippen molar-refractivity contribution in [1.29, 1.82) is 0 Å². The van der Waals surface area contributed by atoms with Crippen LogP contribution in [0.25, 0.3) is 5.69 Å². The monoisotopic (exact) mass is 246 g/mol. The van der Waals surface area contributed by atoms with Crippen molar-refractivity contribution in [3.05, 3.63) is 51.8 Å². The van der Waals surface area contributed by atoms with Crippen molar-refractivity contribution >= 4 is 5.69 Å². The van der Waals surface area contributed by atoms with Crippen molar-refractivity contribution in [3.8, 4) is 11.4 Å². The van der Waals surface area contributed by atoms with Gasteiger partial charge in [0.15, 0.2) is 5.75 Å². The number of aromatic nitrogens is 1. The molecule has 94 valence electrons. The Morgan fingerprint density at radius 2 is 1.78 bits per heavy atom. The minimum Gasteiger partial charge on any atom is -0.490 e. The second kappa shape index (κ2) is 4.52. The summed E-state index contributed by atoms with van der Waals surface area (Å²) in [7, 11) is 1.42. The molecule has 0 aliphatic carbocycles. The van der Waals surface area contributed by atoms with Crippen LogP contribution in [-0.4, -0.2) is 16.6 Å². The maximum Gasteiger partial charge on any atom is 0.312 e. The second-order valence-corrected chi connectivity index (χ2v) is 4.06. The van der Waals surface area contributed by atoms with Crippen LogP contribution in [0.1, 0.15) is 11.4 Å². The van der Waals surface area contributed by atoms with E-state index in [9.17, 15) is 10.1 Å². The zero-order valence-corrected chi connectivity index (χ0v) is 10.5. The van der Waals surface area contributed by atoms with E-state index in [4.69, 9.17) is 4.74 Å². The first-order valence-corrected chi connectivity index (χ1v) is 5.52. The maximum atomic E-state index is 11.0. The lowest BCUT2D eigenvalue weighted by Gasteiger charge is -2.10. The predicted octanol–water partition coefficient (Wildman–Crippen LogP) is 3.01. The summed E-state index contributed by atoms with van der Waals surface area (Å²) < 4.78 is 6.95. The Bertz CT molecular complexity index is 583. The van der Waals surface area contributed by atoms with Crippen LogP contribution in [0.3, 0.4) is 0 Å². The fourth-order valence-corrected chi connectivity index (χ4v) is 2.04. The fourth-order valence-electron chi connectivity index (χ4n) is 2.04. The summed E-state index contributed by atoms with van der Waals surface area (Å²) in [6, 6.07) is 8.91. The van der Waals surface area contributed by atoms with Gasteiger partial charge in [-0.1, -0.05) is 0 Å². The van der Waals surface area contributed by atoms with Gasteiger partial charge >= 0.3 is 5.69 Å².